The summed E-state index contributed by atoms with van der Waals surface area (Å²) in [7, 11) is 0. The summed E-state index contributed by atoms with van der Waals surface area (Å²) in [4.78, 5) is 0. The van der Waals surface area contributed by atoms with Crippen molar-refractivity contribution in [3.05, 3.63) is 29.3 Å². The molecule has 0 amide bonds. The highest BCUT2D eigenvalue weighted by Gasteiger charge is 2.05. The van der Waals surface area contributed by atoms with Crippen molar-refractivity contribution in [1.82, 2.24) is 0 Å². The van der Waals surface area contributed by atoms with Gasteiger partial charge in [-0.15, -0.1) is 0 Å². The van der Waals surface area contributed by atoms with Crippen LogP contribution in [0, 0.1) is 5.92 Å². The van der Waals surface area contributed by atoms with Gasteiger partial charge in [-0.25, -0.2) is 0 Å². The van der Waals surface area contributed by atoms with E-state index >= 15 is 0 Å². The normalized spacial score (nSPS) is 11.2. The van der Waals surface area contributed by atoms with Crippen molar-refractivity contribution >= 4 is 0 Å². The quantitative estimate of drug-likeness (QED) is 0.687. The Morgan fingerprint density at radius 2 is 1.76 bits per heavy atom. The summed E-state index contributed by atoms with van der Waals surface area (Å²) in [5, 5.41) is 0. The van der Waals surface area contributed by atoms with Gasteiger partial charge in [0, 0.05) is 0 Å². The van der Waals surface area contributed by atoms with E-state index in [2.05, 4.69) is 52.8 Å². The van der Waals surface area contributed by atoms with Crippen LogP contribution in [-0.2, 0) is 6.42 Å². The summed E-state index contributed by atoms with van der Waals surface area (Å²) in [6.45, 7) is 11.9. The number of hydrogen-bond donors (Lipinski definition) is 0. The van der Waals surface area contributed by atoms with Crippen LogP contribution < -0.4 is 4.74 Å². The van der Waals surface area contributed by atoms with Gasteiger partial charge < -0.3 is 4.74 Å². The van der Waals surface area contributed by atoms with Crippen molar-refractivity contribution in [3.8, 4) is 5.75 Å². The second kappa shape index (κ2) is 6.68. The lowest BCUT2D eigenvalue weighted by atomic mass is 9.99. The zero-order valence-electron chi connectivity index (χ0n) is 11.9. The Labute approximate surface area is 106 Å². The van der Waals surface area contributed by atoms with Crippen LogP contribution in [0.1, 0.15) is 58.1 Å². The highest BCUT2D eigenvalue weighted by atomic mass is 16.5. The van der Waals surface area contributed by atoms with Crippen LogP contribution in [0.25, 0.3) is 0 Å². The van der Waals surface area contributed by atoms with Crippen LogP contribution >= 0.6 is 0 Å². The van der Waals surface area contributed by atoms with E-state index in [1.54, 1.807) is 0 Å². The molecule has 17 heavy (non-hydrogen) atoms. The van der Waals surface area contributed by atoms with Gasteiger partial charge in [-0.3, -0.25) is 0 Å². The van der Waals surface area contributed by atoms with Gasteiger partial charge in [-0.05, 0) is 47.9 Å². The van der Waals surface area contributed by atoms with E-state index in [9.17, 15) is 0 Å². The molecular weight excluding hydrogens is 208 g/mol. The molecule has 96 valence electrons. The maximum absolute atomic E-state index is 5.85. The first-order valence-corrected chi connectivity index (χ1v) is 6.79. The average Bonchev–Trinajstić information content (AvgIpc) is 2.28. The molecule has 1 rings (SSSR count). The van der Waals surface area contributed by atoms with Crippen LogP contribution in [0.15, 0.2) is 18.2 Å². The van der Waals surface area contributed by atoms with E-state index in [0.29, 0.717) is 11.8 Å². The van der Waals surface area contributed by atoms with Gasteiger partial charge in [0.2, 0.25) is 0 Å². The Kier molecular flexibility index (Phi) is 5.54. The van der Waals surface area contributed by atoms with Gasteiger partial charge in [-0.2, -0.15) is 0 Å². The maximum Gasteiger partial charge on any atom is 0.119 e. The SMILES string of the molecule is CCc1cc(OCCC(C)C)cc(C(C)C)c1. The molecule has 0 aliphatic carbocycles. The number of ether oxygens (including phenoxy) is 1. The predicted molar refractivity (Wildman–Crippen MR) is 74.9 cm³/mol. The van der Waals surface area contributed by atoms with E-state index in [4.69, 9.17) is 4.74 Å². The van der Waals surface area contributed by atoms with Crippen LogP contribution in [-0.4, -0.2) is 6.61 Å². The third-order valence-electron chi connectivity index (χ3n) is 3.03. The van der Waals surface area contributed by atoms with E-state index in [0.717, 1.165) is 25.2 Å². The highest BCUT2D eigenvalue weighted by Crippen LogP contribution is 2.23. The Hall–Kier alpha value is -0.980. The van der Waals surface area contributed by atoms with E-state index < -0.39 is 0 Å². The van der Waals surface area contributed by atoms with Crippen molar-refractivity contribution in [3.63, 3.8) is 0 Å². The standard InChI is InChI=1S/C16H26O/c1-6-14-9-15(13(4)5)11-16(10-14)17-8-7-12(2)3/h9-13H,6-8H2,1-5H3. The fourth-order valence-corrected chi connectivity index (χ4v) is 1.72. The van der Waals surface area contributed by atoms with Crippen LogP contribution in [0.3, 0.4) is 0 Å². The largest absolute Gasteiger partial charge is 0.494 e. The lowest BCUT2D eigenvalue weighted by Gasteiger charge is -2.13. The summed E-state index contributed by atoms with van der Waals surface area (Å²) in [6, 6.07) is 6.65. The van der Waals surface area contributed by atoms with Gasteiger partial charge in [0.15, 0.2) is 0 Å². The molecule has 0 spiro atoms. The molecule has 0 atom stereocenters. The topological polar surface area (TPSA) is 9.23 Å². The molecule has 0 aromatic heterocycles. The molecule has 0 bridgehead atoms. The highest BCUT2D eigenvalue weighted by molar-refractivity contribution is 5.36. The fourth-order valence-electron chi connectivity index (χ4n) is 1.72. The maximum atomic E-state index is 5.85. The van der Waals surface area contributed by atoms with Crippen LogP contribution in [0.5, 0.6) is 5.75 Å². The second-order valence-electron chi connectivity index (χ2n) is 5.45. The number of hydrogen-bond acceptors (Lipinski definition) is 1. The second-order valence-corrected chi connectivity index (χ2v) is 5.45. The zero-order valence-corrected chi connectivity index (χ0v) is 11.9. The van der Waals surface area contributed by atoms with E-state index in [1.165, 1.54) is 11.1 Å². The molecule has 1 aromatic rings. The van der Waals surface area contributed by atoms with Gasteiger partial charge in [0.25, 0.3) is 0 Å². The van der Waals surface area contributed by atoms with Gasteiger partial charge >= 0.3 is 0 Å². The van der Waals surface area contributed by atoms with Crippen molar-refractivity contribution in [2.24, 2.45) is 5.92 Å². The first kappa shape index (κ1) is 14.1. The van der Waals surface area contributed by atoms with Gasteiger partial charge in [0.05, 0.1) is 6.61 Å². The lowest BCUT2D eigenvalue weighted by Crippen LogP contribution is -2.02. The van der Waals surface area contributed by atoms with E-state index in [-0.39, 0.29) is 0 Å². The monoisotopic (exact) mass is 234 g/mol. The van der Waals surface area contributed by atoms with Crippen molar-refractivity contribution in [1.29, 1.82) is 0 Å². The minimum Gasteiger partial charge on any atom is -0.494 e. The summed E-state index contributed by atoms with van der Waals surface area (Å²) < 4.78 is 5.85. The van der Waals surface area contributed by atoms with E-state index in [1.807, 2.05) is 0 Å². The minimum atomic E-state index is 0.564. The number of aryl methyl sites for hydroxylation is 1. The summed E-state index contributed by atoms with van der Waals surface area (Å²) in [6.07, 6.45) is 2.19. The Morgan fingerprint density at radius 1 is 1.06 bits per heavy atom. The molecular formula is C16H26O. The summed E-state index contributed by atoms with van der Waals surface area (Å²) in [5.74, 6) is 2.30. The van der Waals surface area contributed by atoms with Gasteiger partial charge in [-0.1, -0.05) is 40.7 Å². The third kappa shape index (κ3) is 4.80. The molecule has 1 aromatic carbocycles. The van der Waals surface area contributed by atoms with Crippen molar-refractivity contribution < 1.29 is 4.74 Å². The van der Waals surface area contributed by atoms with Gasteiger partial charge in [0.1, 0.15) is 5.75 Å². The molecule has 0 N–H and O–H groups in total. The Morgan fingerprint density at radius 3 is 2.29 bits per heavy atom. The number of rotatable bonds is 6. The van der Waals surface area contributed by atoms with Crippen LogP contribution in [0.4, 0.5) is 0 Å². The Balaban J connectivity index is 2.73. The molecule has 0 aliphatic rings. The lowest BCUT2D eigenvalue weighted by molar-refractivity contribution is 0.289. The minimum absolute atomic E-state index is 0.564. The first-order valence-electron chi connectivity index (χ1n) is 6.79. The fraction of sp³-hybridized carbons (Fsp3) is 0.625. The summed E-state index contributed by atoms with van der Waals surface area (Å²) >= 11 is 0. The smallest absolute Gasteiger partial charge is 0.119 e. The average molecular weight is 234 g/mol. The molecule has 1 nitrogen and oxygen atoms in total. The first-order chi connectivity index (χ1) is 8.02. The molecule has 0 saturated heterocycles. The number of benzene rings is 1. The van der Waals surface area contributed by atoms with Crippen molar-refractivity contribution in [2.75, 3.05) is 6.61 Å². The summed E-state index contributed by atoms with van der Waals surface area (Å²) in [5.41, 5.74) is 2.75. The molecule has 0 aliphatic heterocycles. The van der Waals surface area contributed by atoms with Crippen molar-refractivity contribution in [2.45, 2.75) is 53.4 Å². The molecule has 0 saturated carbocycles. The van der Waals surface area contributed by atoms with Crippen LogP contribution in [0.2, 0.25) is 0 Å². The Bertz CT molecular complexity index is 339. The molecule has 1 heteroatoms. The zero-order chi connectivity index (χ0) is 12.8. The molecule has 0 fully saturated rings. The predicted octanol–water partition coefficient (Wildman–Crippen LogP) is 4.80. The molecule has 0 heterocycles. The third-order valence-corrected chi connectivity index (χ3v) is 3.03. The molecule has 0 unspecified atom stereocenters. The molecule has 0 radical (unpaired) electrons.